The van der Waals surface area contributed by atoms with Gasteiger partial charge in [-0.25, -0.2) is 8.78 Å². The number of aryl methyl sites for hydroxylation is 1. The van der Waals surface area contributed by atoms with E-state index in [2.05, 4.69) is 5.32 Å². The maximum Gasteiger partial charge on any atom is 0.151 e. The van der Waals surface area contributed by atoms with Gasteiger partial charge in [-0.1, -0.05) is 0 Å². The number of nitrogen functional groups attached to an aromatic ring is 1. The molecule has 0 amide bonds. The summed E-state index contributed by atoms with van der Waals surface area (Å²) in [5.41, 5.74) is 5.17. The summed E-state index contributed by atoms with van der Waals surface area (Å²) in [5, 5.41) is 2.64. The Kier molecular flexibility index (Phi) is 2.99. The molecule has 2 rings (SSSR count). The maximum atomic E-state index is 13.4. The lowest BCUT2D eigenvalue weighted by Crippen LogP contribution is -2.04. The highest BCUT2D eigenvalue weighted by atomic mass is 19.1. The van der Waals surface area contributed by atoms with E-state index in [1.165, 1.54) is 0 Å². The van der Waals surface area contributed by atoms with Gasteiger partial charge in [0.15, 0.2) is 11.6 Å². The van der Waals surface area contributed by atoms with Gasteiger partial charge in [-0.15, -0.1) is 0 Å². The standard InChI is InChI=1S/C12H12F2N2O/c1-7-2-3-9(17-7)6-16-12-10(13)4-8(15)5-11(12)14/h2-5,16H,6,15H2,1H3. The minimum Gasteiger partial charge on any atom is -0.465 e. The molecule has 0 aliphatic rings. The van der Waals surface area contributed by atoms with E-state index in [9.17, 15) is 8.78 Å². The van der Waals surface area contributed by atoms with Crippen LogP contribution in [-0.2, 0) is 6.54 Å². The zero-order valence-corrected chi connectivity index (χ0v) is 9.26. The molecule has 90 valence electrons. The summed E-state index contributed by atoms with van der Waals surface area (Å²) in [6.45, 7) is 2.01. The van der Waals surface area contributed by atoms with E-state index in [0.717, 1.165) is 17.9 Å². The fraction of sp³-hybridized carbons (Fsp3) is 0.167. The molecule has 0 radical (unpaired) electrons. The van der Waals surface area contributed by atoms with Gasteiger partial charge < -0.3 is 15.5 Å². The predicted octanol–water partition coefficient (Wildman–Crippen LogP) is 3.06. The number of benzene rings is 1. The monoisotopic (exact) mass is 238 g/mol. The van der Waals surface area contributed by atoms with Gasteiger partial charge in [0.2, 0.25) is 0 Å². The van der Waals surface area contributed by atoms with Crippen LogP contribution in [0.5, 0.6) is 0 Å². The Balaban J connectivity index is 2.14. The lowest BCUT2D eigenvalue weighted by Gasteiger charge is -2.08. The molecular weight excluding hydrogens is 226 g/mol. The van der Waals surface area contributed by atoms with Crippen molar-refractivity contribution >= 4 is 11.4 Å². The molecule has 5 heteroatoms. The number of rotatable bonds is 3. The molecule has 2 aromatic rings. The summed E-state index contributed by atoms with van der Waals surface area (Å²) < 4.78 is 32.1. The van der Waals surface area contributed by atoms with E-state index in [1.807, 2.05) is 0 Å². The molecule has 3 N–H and O–H groups in total. The average Bonchev–Trinajstić information content (AvgIpc) is 2.62. The second kappa shape index (κ2) is 4.45. The lowest BCUT2D eigenvalue weighted by molar-refractivity contribution is 0.489. The third-order valence-corrected chi connectivity index (χ3v) is 2.30. The van der Waals surface area contributed by atoms with Crippen molar-refractivity contribution < 1.29 is 13.2 Å². The van der Waals surface area contributed by atoms with E-state index >= 15 is 0 Å². The Morgan fingerprint density at radius 2 is 1.88 bits per heavy atom. The highest BCUT2D eigenvalue weighted by Gasteiger charge is 2.10. The van der Waals surface area contributed by atoms with Gasteiger partial charge in [0.25, 0.3) is 0 Å². The van der Waals surface area contributed by atoms with Crippen molar-refractivity contribution in [3.8, 4) is 0 Å². The minimum atomic E-state index is -0.717. The van der Waals surface area contributed by atoms with Crippen LogP contribution in [0.15, 0.2) is 28.7 Å². The highest BCUT2D eigenvalue weighted by molar-refractivity contribution is 5.54. The molecule has 0 fully saturated rings. The summed E-state index contributed by atoms with van der Waals surface area (Å²) >= 11 is 0. The minimum absolute atomic E-state index is 0.0550. The first-order valence-corrected chi connectivity index (χ1v) is 5.10. The molecule has 1 heterocycles. The van der Waals surface area contributed by atoms with E-state index in [4.69, 9.17) is 10.2 Å². The van der Waals surface area contributed by atoms with Crippen molar-refractivity contribution in [3.05, 3.63) is 47.4 Å². The van der Waals surface area contributed by atoms with Crippen LogP contribution in [0.4, 0.5) is 20.2 Å². The van der Waals surface area contributed by atoms with Gasteiger partial charge in [0.05, 0.1) is 6.54 Å². The fourth-order valence-electron chi connectivity index (χ4n) is 1.52. The molecule has 17 heavy (non-hydrogen) atoms. The number of hydrogen-bond acceptors (Lipinski definition) is 3. The van der Waals surface area contributed by atoms with Crippen molar-refractivity contribution in [2.45, 2.75) is 13.5 Å². The van der Waals surface area contributed by atoms with Crippen molar-refractivity contribution in [2.24, 2.45) is 0 Å². The van der Waals surface area contributed by atoms with E-state index in [-0.39, 0.29) is 17.9 Å². The molecule has 0 atom stereocenters. The quantitative estimate of drug-likeness (QED) is 0.808. The van der Waals surface area contributed by atoms with Gasteiger partial charge in [0.1, 0.15) is 17.2 Å². The number of nitrogens with two attached hydrogens (primary N) is 1. The number of anilines is 2. The Morgan fingerprint density at radius 1 is 1.24 bits per heavy atom. The van der Waals surface area contributed by atoms with Crippen molar-refractivity contribution in [3.63, 3.8) is 0 Å². The second-order valence-electron chi connectivity index (χ2n) is 3.73. The van der Waals surface area contributed by atoms with Crippen LogP contribution in [0.25, 0.3) is 0 Å². The van der Waals surface area contributed by atoms with E-state index in [0.29, 0.717) is 5.76 Å². The molecule has 1 aromatic heterocycles. The first-order valence-electron chi connectivity index (χ1n) is 5.10. The van der Waals surface area contributed by atoms with Crippen molar-refractivity contribution in [2.75, 3.05) is 11.1 Å². The highest BCUT2D eigenvalue weighted by Crippen LogP contribution is 2.22. The van der Waals surface area contributed by atoms with E-state index < -0.39 is 11.6 Å². The topological polar surface area (TPSA) is 51.2 Å². The normalized spacial score (nSPS) is 10.5. The Labute approximate surface area is 97.2 Å². The molecule has 1 aromatic carbocycles. The molecular formula is C12H12F2N2O. The SMILES string of the molecule is Cc1ccc(CNc2c(F)cc(N)cc2F)o1. The van der Waals surface area contributed by atoms with Crippen LogP contribution in [0.2, 0.25) is 0 Å². The first-order chi connectivity index (χ1) is 8.06. The van der Waals surface area contributed by atoms with Crippen LogP contribution in [0.1, 0.15) is 11.5 Å². The van der Waals surface area contributed by atoms with Crippen molar-refractivity contribution in [1.82, 2.24) is 0 Å². The third kappa shape index (κ3) is 2.55. The van der Waals surface area contributed by atoms with Gasteiger partial charge >= 0.3 is 0 Å². The maximum absolute atomic E-state index is 13.4. The summed E-state index contributed by atoms with van der Waals surface area (Å²) in [4.78, 5) is 0. The molecule has 0 bridgehead atoms. The number of furan rings is 1. The van der Waals surface area contributed by atoms with Gasteiger partial charge in [0, 0.05) is 5.69 Å². The molecule has 0 aliphatic carbocycles. The Morgan fingerprint density at radius 3 is 2.41 bits per heavy atom. The fourth-order valence-corrected chi connectivity index (χ4v) is 1.52. The summed E-state index contributed by atoms with van der Waals surface area (Å²) in [5.74, 6) is -0.0743. The van der Waals surface area contributed by atoms with Gasteiger partial charge in [-0.05, 0) is 31.2 Å². The van der Waals surface area contributed by atoms with Crippen LogP contribution >= 0.6 is 0 Å². The first kappa shape index (κ1) is 11.4. The Hall–Kier alpha value is -2.04. The molecule has 0 saturated carbocycles. The summed E-state index contributed by atoms with van der Waals surface area (Å²) in [6, 6.07) is 5.67. The summed E-state index contributed by atoms with van der Waals surface area (Å²) in [6.07, 6.45) is 0. The lowest BCUT2D eigenvalue weighted by atomic mass is 10.2. The Bertz CT molecular complexity index is 514. The number of nitrogens with one attached hydrogen (secondary N) is 1. The van der Waals surface area contributed by atoms with Gasteiger partial charge in [-0.2, -0.15) is 0 Å². The smallest absolute Gasteiger partial charge is 0.151 e. The molecule has 3 nitrogen and oxygen atoms in total. The number of hydrogen-bond donors (Lipinski definition) is 2. The van der Waals surface area contributed by atoms with Gasteiger partial charge in [-0.3, -0.25) is 0 Å². The van der Waals surface area contributed by atoms with Crippen molar-refractivity contribution in [1.29, 1.82) is 0 Å². The van der Waals surface area contributed by atoms with Crippen LogP contribution < -0.4 is 11.1 Å². The summed E-state index contributed by atoms with van der Waals surface area (Å²) in [7, 11) is 0. The molecule has 0 unspecified atom stereocenters. The van der Waals surface area contributed by atoms with Crippen LogP contribution in [-0.4, -0.2) is 0 Å². The molecule has 0 aliphatic heterocycles. The molecule has 0 spiro atoms. The third-order valence-electron chi connectivity index (χ3n) is 2.30. The molecule has 0 saturated heterocycles. The second-order valence-corrected chi connectivity index (χ2v) is 3.73. The predicted molar refractivity (Wildman–Crippen MR) is 61.5 cm³/mol. The average molecular weight is 238 g/mol. The number of halogens is 2. The largest absolute Gasteiger partial charge is 0.465 e. The zero-order valence-electron chi connectivity index (χ0n) is 9.26. The van der Waals surface area contributed by atoms with Crippen LogP contribution in [0, 0.1) is 18.6 Å². The van der Waals surface area contributed by atoms with Crippen LogP contribution in [0.3, 0.4) is 0 Å². The van der Waals surface area contributed by atoms with E-state index in [1.54, 1.807) is 19.1 Å². The zero-order chi connectivity index (χ0) is 12.4.